The second-order valence-corrected chi connectivity index (χ2v) is 7.67. The Labute approximate surface area is 198 Å². The lowest BCUT2D eigenvalue weighted by Gasteiger charge is -2.22. The van der Waals surface area contributed by atoms with E-state index in [2.05, 4.69) is 15.6 Å². The maximum atomic E-state index is 12.7. The SMILES string of the molecule is NC(=O)CC(NC(=O)C(N)Cc1c[nH]c2ccccc12)C(=O)NC(CC(=O)O)C(=O)NCC(=O)O. The lowest BCUT2D eigenvalue weighted by molar-refractivity contribution is -0.142. The second-order valence-electron chi connectivity index (χ2n) is 7.67. The van der Waals surface area contributed by atoms with Crippen molar-refractivity contribution in [2.75, 3.05) is 6.54 Å². The van der Waals surface area contributed by atoms with Crippen molar-refractivity contribution in [3.63, 3.8) is 0 Å². The number of para-hydroxylation sites is 1. The summed E-state index contributed by atoms with van der Waals surface area (Å²) in [6.45, 7) is -0.811. The lowest BCUT2D eigenvalue weighted by atomic mass is 10.0. The first-order valence-electron chi connectivity index (χ1n) is 10.4. The number of hydrogen-bond acceptors (Lipinski definition) is 7. The van der Waals surface area contributed by atoms with Crippen LogP contribution in [0.2, 0.25) is 0 Å². The highest BCUT2D eigenvalue weighted by molar-refractivity contribution is 5.97. The zero-order valence-corrected chi connectivity index (χ0v) is 18.4. The van der Waals surface area contributed by atoms with Crippen molar-refractivity contribution in [1.82, 2.24) is 20.9 Å². The van der Waals surface area contributed by atoms with Crippen molar-refractivity contribution in [3.05, 3.63) is 36.0 Å². The molecule has 188 valence electrons. The predicted octanol–water partition coefficient (Wildman–Crippen LogP) is -2.44. The van der Waals surface area contributed by atoms with E-state index >= 15 is 0 Å². The van der Waals surface area contributed by atoms with Crippen molar-refractivity contribution in [3.8, 4) is 0 Å². The van der Waals surface area contributed by atoms with Crippen LogP contribution in [0.3, 0.4) is 0 Å². The van der Waals surface area contributed by atoms with E-state index in [1.165, 1.54) is 0 Å². The number of hydrogen-bond donors (Lipinski definition) is 8. The largest absolute Gasteiger partial charge is 0.481 e. The van der Waals surface area contributed by atoms with E-state index in [0.29, 0.717) is 0 Å². The van der Waals surface area contributed by atoms with Crippen LogP contribution in [-0.2, 0) is 35.2 Å². The summed E-state index contributed by atoms with van der Waals surface area (Å²) >= 11 is 0. The summed E-state index contributed by atoms with van der Waals surface area (Å²) in [6.07, 6.45) is 0.250. The summed E-state index contributed by atoms with van der Waals surface area (Å²) in [6, 6.07) is 2.99. The summed E-state index contributed by atoms with van der Waals surface area (Å²) in [5.41, 5.74) is 12.7. The second kappa shape index (κ2) is 12.1. The molecule has 35 heavy (non-hydrogen) atoms. The van der Waals surface area contributed by atoms with Gasteiger partial charge in [-0.25, -0.2) is 0 Å². The summed E-state index contributed by atoms with van der Waals surface area (Å²) in [4.78, 5) is 73.7. The van der Waals surface area contributed by atoms with Crippen LogP contribution in [0.4, 0.5) is 0 Å². The molecule has 14 nitrogen and oxygen atoms in total. The zero-order valence-electron chi connectivity index (χ0n) is 18.4. The Bertz CT molecular complexity index is 1130. The van der Waals surface area contributed by atoms with Gasteiger partial charge in [0.05, 0.1) is 18.9 Å². The normalized spacial score (nSPS) is 13.3. The van der Waals surface area contributed by atoms with Gasteiger partial charge in [-0.1, -0.05) is 18.2 Å². The Balaban J connectivity index is 2.10. The number of carboxylic acids is 2. The van der Waals surface area contributed by atoms with E-state index in [1.807, 2.05) is 29.6 Å². The molecule has 0 aliphatic heterocycles. The number of amides is 4. The molecule has 0 bridgehead atoms. The summed E-state index contributed by atoms with van der Waals surface area (Å²) in [5, 5.41) is 24.9. The van der Waals surface area contributed by atoms with Gasteiger partial charge in [-0.15, -0.1) is 0 Å². The molecule has 0 fully saturated rings. The van der Waals surface area contributed by atoms with E-state index < -0.39 is 73.1 Å². The molecule has 10 N–H and O–H groups in total. The fourth-order valence-electron chi connectivity index (χ4n) is 3.26. The molecule has 1 aromatic heterocycles. The van der Waals surface area contributed by atoms with Gasteiger partial charge in [0.25, 0.3) is 0 Å². The van der Waals surface area contributed by atoms with E-state index in [9.17, 15) is 28.8 Å². The first-order chi connectivity index (χ1) is 16.5. The predicted molar refractivity (Wildman–Crippen MR) is 121 cm³/mol. The molecule has 1 aromatic carbocycles. The van der Waals surface area contributed by atoms with Crippen LogP contribution in [0.1, 0.15) is 18.4 Å². The van der Waals surface area contributed by atoms with Crippen LogP contribution < -0.4 is 27.4 Å². The van der Waals surface area contributed by atoms with Gasteiger partial charge in [0.15, 0.2) is 0 Å². The molecule has 4 amide bonds. The fourth-order valence-corrected chi connectivity index (χ4v) is 3.26. The van der Waals surface area contributed by atoms with Crippen LogP contribution in [0.15, 0.2) is 30.5 Å². The maximum Gasteiger partial charge on any atom is 0.322 e. The molecular weight excluding hydrogens is 464 g/mol. The minimum atomic E-state index is -1.67. The topological polar surface area (TPSA) is 247 Å². The molecular formula is C21H26N6O8. The lowest BCUT2D eigenvalue weighted by Crippen LogP contribution is -2.57. The van der Waals surface area contributed by atoms with Gasteiger partial charge in [0.1, 0.15) is 18.6 Å². The number of nitrogens with one attached hydrogen (secondary N) is 4. The molecule has 3 atom stereocenters. The van der Waals surface area contributed by atoms with E-state index in [1.54, 1.807) is 6.20 Å². The molecule has 0 aliphatic carbocycles. The van der Waals surface area contributed by atoms with Gasteiger partial charge >= 0.3 is 11.9 Å². The van der Waals surface area contributed by atoms with Gasteiger partial charge in [-0.3, -0.25) is 28.8 Å². The zero-order chi connectivity index (χ0) is 26.1. The summed E-state index contributed by atoms with van der Waals surface area (Å²) in [5.74, 6) is -6.75. The van der Waals surface area contributed by atoms with Crippen molar-refractivity contribution in [1.29, 1.82) is 0 Å². The Hall–Kier alpha value is -4.46. The Kier molecular flexibility index (Phi) is 9.28. The molecule has 0 saturated heterocycles. The molecule has 2 rings (SSSR count). The third kappa shape index (κ3) is 8.12. The van der Waals surface area contributed by atoms with Crippen molar-refractivity contribution in [2.45, 2.75) is 37.4 Å². The van der Waals surface area contributed by atoms with Gasteiger partial charge in [-0.2, -0.15) is 0 Å². The number of aromatic nitrogens is 1. The quantitative estimate of drug-likeness (QED) is 0.148. The highest BCUT2D eigenvalue weighted by Gasteiger charge is 2.30. The number of fused-ring (bicyclic) bond motifs is 1. The average molecular weight is 490 g/mol. The molecule has 0 radical (unpaired) electrons. The van der Waals surface area contributed by atoms with Gasteiger partial charge in [0.2, 0.25) is 23.6 Å². The minimum Gasteiger partial charge on any atom is -0.481 e. The third-order valence-electron chi connectivity index (χ3n) is 4.92. The van der Waals surface area contributed by atoms with Gasteiger partial charge < -0.3 is 42.6 Å². The fraction of sp³-hybridized carbons (Fsp3) is 0.333. The Morgan fingerprint density at radius 1 is 0.886 bits per heavy atom. The number of carboxylic acid groups (broad SMARTS) is 2. The maximum absolute atomic E-state index is 12.7. The Morgan fingerprint density at radius 3 is 2.14 bits per heavy atom. The molecule has 0 saturated carbocycles. The smallest absolute Gasteiger partial charge is 0.322 e. The molecule has 14 heteroatoms. The van der Waals surface area contributed by atoms with Crippen molar-refractivity contribution < 1.29 is 39.0 Å². The number of H-pyrrole nitrogens is 1. The first kappa shape index (κ1) is 26.8. The van der Waals surface area contributed by atoms with Crippen LogP contribution in [0.25, 0.3) is 10.9 Å². The number of carbonyl (C=O) groups is 6. The van der Waals surface area contributed by atoms with E-state index in [0.717, 1.165) is 16.5 Å². The van der Waals surface area contributed by atoms with Gasteiger partial charge in [-0.05, 0) is 18.1 Å². The molecule has 0 spiro atoms. The van der Waals surface area contributed by atoms with E-state index in [4.69, 9.17) is 21.7 Å². The molecule has 2 aromatic rings. The number of rotatable bonds is 13. The summed E-state index contributed by atoms with van der Waals surface area (Å²) < 4.78 is 0. The van der Waals surface area contributed by atoms with E-state index in [-0.39, 0.29) is 6.42 Å². The molecule has 3 unspecified atom stereocenters. The number of primary amides is 1. The molecule has 0 aliphatic rings. The standard InChI is InChI=1S/C21H26N6O8/c22-12(5-10-8-24-13-4-2-1-3-11(10)13)19(33)26-14(6-16(23)28)21(35)27-15(7-17(29)30)20(34)25-9-18(31)32/h1-4,8,12,14-15,24H,5-7,9,22H2,(H2,23,28)(H,25,34)(H,26,33)(H,27,35)(H,29,30)(H,31,32). The average Bonchev–Trinajstić information content (AvgIpc) is 3.18. The Morgan fingerprint density at radius 2 is 1.51 bits per heavy atom. The minimum absolute atomic E-state index is 0.0972. The first-order valence-corrected chi connectivity index (χ1v) is 10.4. The highest BCUT2D eigenvalue weighted by Crippen LogP contribution is 2.18. The number of benzene rings is 1. The summed E-state index contributed by atoms with van der Waals surface area (Å²) in [7, 11) is 0. The van der Waals surface area contributed by atoms with Crippen LogP contribution in [0, 0.1) is 0 Å². The van der Waals surface area contributed by atoms with Crippen LogP contribution in [-0.4, -0.2) is 75.4 Å². The number of aliphatic carboxylic acids is 2. The molecule has 1 heterocycles. The monoisotopic (exact) mass is 490 g/mol. The third-order valence-corrected chi connectivity index (χ3v) is 4.92. The number of aromatic amines is 1. The number of carbonyl (C=O) groups excluding carboxylic acids is 4. The highest BCUT2D eigenvalue weighted by atomic mass is 16.4. The number of nitrogens with two attached hydrogens (primary N) is 2. The van der Waals surface area contributed by atoms with Crippen LogP contribution in [0.5, 0.6) is 0 Å². The van der Waals surface area contributed by atoms with Gasteiger partial charge in [0, 0.05) is 17.1 Å². The van der Waals surface area contributed by atoms with Crippen LogP contribution >= 0.6 is 0 Å². The van der Waals surface area contributed by atoms with Crippen molar-refractivity contribution >= 4 is 46.5 Å². The van der Waals surface area contributed by atoms with Crippen molar-refractivity contribution in [2.24, 2.45) is 11.5 Å².